The third kappa shape index (κ3) is 17.8. The predicted molar refractivity (Wildman–Crippen MR) is 110 cm³/mol. The molecule has 0 bridgehead atoms. The normalized spacial score (nSPS) is 11.5. The van der Waals surface area contributed by atoms with Gasteiger partial charge in [-0.15, -0.1) is 0 Å². The average molecular weight is 353 g/mol. The first kappa shape index (κ1) is 24.2. The van der Waals surface area contributed by atoms with Gasteiger partial charge in [0.15, 0.2) is 0 Å². The van der Waals surface area contributed by atoms with Crippen LogP contribution in [0.5, 0.6) is 0 Å². The highest BCUT2D eigenvalue weighted by atomic mass is 16.5. The van der Waals surface area contributed by atoms with Crippen molar-refractivity contribution in [2.45, 2.75) is 117 Å². The lowest BCUT2D eigenvalue weighted by atomic mass is 9.93. The van der Waals surface area contributed by atoms with Crippen LogP contribution >= 0.6 is 0 Å². The summed E-state index contributed by atoms with van der Waals surface area (Å²) in [6.07, 6.45) is 25.1. The SMILES string of the molecule is CCCCCCCCCC(/C=C/C(=O)OC)CCCCCCCCC. The number of carbonyl (C=O) groups is 1. The number of hydrogen-bond acceptors (Lipinski definition) is 2. The molecule has 0 rings (SSSR count). The van der Waals surface area contributed by atoms with E-state index in [2.05, 4.69) is 19.9 Å². The summed E-state index contributed by atoms with van der Waals surface area (Å²) in [6.45, 7) is 4.53. The molecule has 0 aromatic heterocycles. The summed E-state index contributed by atoms with van der Waals surface area (Å²) in [5.41, 5.74) is 0. The number of esters is 1. The summed E-state index contributed by atoms with van der Waals surface area (Å²) in [5, 5.41) is 0. The van der Waals surface area contributed by atoms with Crippen molar-refractivity contribution in [2.24, 2.45) is 5.92 Å². The Bertz CT molecular complexity index is 291. The molecule has 2 nitrogen and oxygen atoms in total. The highest BCUT2D eigenvalue weighted by Gasteiger charge is 2.06. The van der Waals surface area contributed by atoms with Gasteiger partial charge in [-0.3, -0.25) is 0 Å². The van der Waals surface area contributed by atoms with Crippen molar-refractivity contribution in [1.82, 2.24) is 0 Å². The number of carbonyl (C=O) groups excluding carboxylic acids is 1. The summed E-state index contributed by atoms with van der Waals surface area (Å²) >= 11 is 0. The van der Waals surface area contributed by atoms with Crippen molar-refractivity contribution >= 4 is 5.97 Å². The summed E-state index contributed by atoms with van der Waals surface area (Å²) < 4.78 is 4.74. The van der Waals surface area contributed by atoms with Gasteiger partial charge in [-0.2, -0.15) is 0 Å². The Hall–Kier alpha value is -0.790. The van der Waals surface area contributed by atoms with Crippen LogP contribution in [0, 0.1) is 5.92 Å². The molecule has 0 N–H and O–H groups in total. The van der Waals surface area contributed by atoms with Gasteiger partial charge in [0.25, 0.3) is 0 Å². The molecule has 0 heterocycles. The Kier molecular flexibility index (Phi) is 18.9. The maximum Gasteiger partial charge on any atom is 0.330 e. The van der Waals surface area contributed by atoms with E-state index in [9.17, 15) is 4.79 Å². The van der Waals surface area contributed by atoms with Crippen LogP contribution in [0.4, 0.5) is 0 Å². The van der Waals surface area contributed by atoms with Crippen molar-refractivity contribution in [2.75, 3.05) is 7.11 Å². The molecule has 0 aliphatic carbocycles. The number of methoxy groups -OCH3 is 1. The molecule has 148 valence electrons. The Morgan fingerprint density at radius 3 is 1.52 bits per heavy atom. The van der Waals surface area contributed by atoms with Crippen molar-refractivity contribution in [3.8, 4) is 0 Å². The molecular weight excluding hydrogens is 308 g/mol. The minimum Gasteiger partial charge on any atom is -0.466 e. The van der Waals surface area contributed by atoms with E-state index in [0.29, 0.717) is 5.92 Å². The summed E-state index contributed by atoms with van der Waals surface area (Å²) in [7, 11) is 1.45. The third-order valence-corrected chi connectivity index (χ3v) is 5.06. The topological polar surface area (TPSA) is 26.3 Å². The minimum absolute atomic E-state index is 0.218. The molecule has 0 unspecified atom stereocenters. The molecule has 0 aliphatic heterocycles. The van der Waals surface area contributed by atoms with Gasteiger partial charge in [-0.25, -0.2) is 4.79 Å². The Morgan fingerprint density at radius 2 is 1.12 bits per heavy atom. The third-order valence-electron chi connectivity index (χ3n) is 5.06. The predicted octanol–water partition coefficient (Wildman–Crippen LogP) is 7.61. The molecule has 0 atom stereocenters. The summed E-state index contributed by atoms with van der Waals surface area (Å²) in [5.74, 6) is 0.328. The fraction of sp³-hybridized carbons (Fsp3) is 0.870. The fourth-order valence-corrected chi connectivity index (χ4v) is 3.35. The number of unbranched alkanes of at least 4 members (excludes halogenated alkanes) is 12. The Labute approximate surface area is 157 Å². The van der Waals surface area contributed by atoms with E-state index < -0.39 is 0 Å². The van der Waals surface area contributed by atoms with Gasteiger partial charge in [-0.05, 0) is 18.8 Å². The van der Waals surface area contributed by atoms with Crippen LogP contribution in [0.25, 0.3) is 0 Å². The maximum atomic E-state index is 11.4. The molecule has 0 saturated carbocycles. The molecule has 0 aromatic rings. The fourth-order valence-electron chi connectivity index (χ4n) is 3.35. The van der Waals surface area contributed by atoms with Gasteiger partial charge in [0.05, 0.1) is 7.11 Å². The second-order valence-electron chi connectivity index (χ2n) is 7.46. The number of allylic oxidation sites excluding steroid dienone is 1. The lowest BCUT2D eigenvalue weighted by molar-refractivity contribution is -0.134. The molecule has 0 aromatic carbocycles. The number of ether oxygens (including phenoxy) is 1. The van der Waals surface area contributed by atoms with E-state index in [-0.39, 0.29) is 5.97 Å². The lowest BCUT2D eigenvalue weighted by Crippen LogP contribution is -2.01. The van der Waals surface area contributed by atoms with Gasteiger partial charge in [-0.1, -0.05) is 110 Å². The Balaban J connectivity index is 3.90. The molecule has 0 saturated heterocycles. The van der Waals surface area contributed by atoms with E-state index >= 15 is 0 Å². The first-order valence-electron chi connectivity index (χ1n) is 11.0. The molecule has 25 heavy (non-hydrogen) atoms. The van der Waals surface area contributed by atoms with Crippen molar-refractivity contribution in [3.63, 3.8) is 0 Å². The van der Waals surface area contributed by atoms with Crippen LogP contribution in [0.15, 0.2) is 12.2 Å². The van der Waals surface area contributed by atoms with E-state index in [1.165, 1.54) is 110 Å². The van der Waals surface area contributed by atoms with Gasteiger partial charge >= 0.3 is 5.97 Å². The van der Waals surface area contributed by atoms with Gasteiger partial charge in [0, 0.05) is 6.08 Å². The van der Waals surface area contributed by atoms with E-state index in [1.54, 1.807) is 6.08 Å². The summed E-state index contributed by atoms with van der Waals surface area (Å²) in [4.78, 5) is 11.4. The highest BCUT2D eigenvalue weighted by Crippen LogP contribution is 2.20. The van der Waals surface area contributed by atoms with Crippen LogP contribution in [0.3, 0.4) is 0 Å². The quantitative estimate of drug-likeness (QED) is 0.144. The molecule has 0 spiro atoms. The summed E-state index contributed by atoms with van der Waals surface area (Å²) in [6, 6.07) is 0. The monoisotopic (exact) mass is 352 g/mol. The molecule has 0 aliphatic rings. The van der Waals surface area contributed by atoms with E-state index in [1.807, 2.05) is 0 Å². The van der Waals surface area contributed by atoms with Crippen molar-refractivity contribution in [1.29, 1.82) is 0 Å². The van der Waals surface area contributed by atoms with Gasteiger partial charge < -0.3 is 4.74 Å². The van der Waals surface area contributed by atoms with Crippen LogP contribution in [0.2, 0.25) is 0 Å². The van der Waals surface area contributed by atoms with E-state index in [4.69, 9.17) is 4.74 Å². The molecular formula is C23H44O2. The smallest absolute Gasteiger partial charge is 0.330 e. The number of rotatable bonds is 18. The highest BCUT2D eigenvalue weighted by molar-refractivity contribution is 5.81. The first-order chi connectivity index (χ1) is 12.2. The Morgan fingerprint density at radius 1 is 0.720 bits per heavy atom. The number of hydrogen-bond donors (Lipinski definition) is 0. The van der Waals surface area contributed by atoms with E-state index in [0.717, 1.165) is 0 Å². The van der Waals surface area contributed by atoms with Gasteiger partial charge in [0.2, 0.25) is 0 Å². The van der Waals surface area contributed by atoms with Crippen LogP contribution in [-0.2, 0) is 9.53 Å². The van der Waals surface area contributed by atoms with Crippen LogP contribution in [-0.4, -0.2) is 13.1 Å². The van der Waals surface area contributed by atoms with Crippen LogP contribution in [0.1, 0.15) is 117 Å². The maximum absolute atomic E-state index is 11.4. The zero-order valence-electron chi connectivity index (χ0n) is 17.4. The second kappa shape index (κ2) is 19.5. The first-order valence-corrected chi connectivity index (χ1v) is 11.0. The molecule has 0 amide bonds. The van der Waals surface area contributed by atoms with Gasteiger partial charge in [0.1, 0.15) is 0 Å². The molecule has 0 fully saturated rings. The largest absolute Gasteiger partial charge is 0.466 e. The zero-order valence-corrected chi connectivity index (χ0v) is 17.4. The molecule has 2 heteroatoms. The second-order valence-corrected chi connectivity index (χ2v) is 7.46. The standard InChI is InChI=1S/C23H44O2/c1-4-6-8-10-12-14-16-18-22(20-21-23(24)25-3)19-17-15-13-11-9-7-5-2/h20-22H,4-19H2,1-3H3/b21-20+. The van der Waals surface area contributed by atoms with Crippen molar-refractivity contribution < 1.29 is 9.53 Å². The average Bonchev–Trinajstić information content (AvgIpc) is 2.63. The zero-order chi connectivity index (χ0) is 18.6. The molecule has 0 radical (unpaired) electrons. The van der Waals surface area contributed by atoms with Crippen molar-refractivity contribution in [3.05, 3.63) is 12.2 Å². The lowest BCUT2D eigenvalue weighted by Gasteiger charge is -2.13. The minimum atomic E-state index is -0.218. The van der Waals surface area contributed by atoms with Crippen LogP contribution < -0.4 is 0 Å².